The van der Waals surface area contributed by atoms with E-state index in [0.717, 1.165) is 11.8 Å². The molecule has 1 aromatic rings. The molecule has 1 amide bonds. The lowest BCUT2D eigenvalue weighted by atomic mass is 10.3. The van der Waals surface area contributed by atoms with Crippen LogP contribution in [0.4, 0.5) is 15.3 Å². The van der Waals surface area contributed by atoms with Crippen LogP contribution in [-0.2, 0) is 4.74 Å². The molecular formula is C12H15NO3S. The molecule has 0 unspecified atom stereocenters. The van der Waals surface area contributed by atoms with Gasteiger partial charge in [-0.2, -0.15) is 0 Å². The molecule has 0 saturated carbocycles. The topological polar surface area (TPSA) is 55.4 Å². The standard InChI is InChI=1S/C12H15NO3S/c1-12(2,3)17-11(15)16-10(14)13-9-7-5-4-6-8-9/h4-8H,1-3H3,(H,13,14). The van der Waals surface area contributed by atoms with Gasteiger partial charge in [-0.15, -0.1) is 0 Å². The molecule has 0 spiro atoms. The molecule has 17 heavy (non-hydrogen) atoms. The van der Waals surface area contributed by atoms with Crippen molar-refractivity contribution in [3.63, 3.8) is 0 Å². The van der Waals surface area contributed by atoms with E-state index < -0.39 is 11.4 Å². The summed E-state index contributed by atoms with van der Waals surface area (Å²) in [6, 6.07) is 8.81. The summed E-state index contributed by atoms with van der Waals surface area (Å²) in [7, 11) is 0. The highest BCUT2D eigenvalue weighted by Crippen LogP contribution is 2.25. The first-order chi connectivity index (χ1) is 7.87. The van der Waals surface area contributed by atoms with Gasteiger partial charge >= 0.3 is 11.4 Å². The van der Waals surface area contributed by atoms with Crippen molar-refractivity contribution in [3.05, 3.63) is 30.3 Å². The quantitative estimate of drug-likeness (QED) is 0.609. The fraction of sp³-hybridized carbons (Fsp3) is 0.333. The van der Waals surface area contributed by atoms with Crippen molar-refractivity contribution in [2.24, 2.45) is 0 Å². The van der Waals surface area contributed by atoms with Crippen LogP contribution in [0, 0.1) is 0 Å². The maximum Gasteiger partial charge on any atom is 0.419 e. The summed E-state index contributed by atoms with van der Waals surface area (Å²) in [6.07, 6.45) is -0.766. The Morgan fingerprint density at radius 1 is 1.18 bits per heavy atom. The minimum absolute atomic E-state index is 0.274. The van der Waals surface area contributed by atoms with E-state index in [1.54, 1.807) is 24.3 Å². The first kappa shape index (κ1) is 13.6. The Kier molecular flexibility index (Phi) is 4.57. The smallest absolute Gasteiger partial charge is 0.368 e. The van der Waals surface area contributed by atoms with Crippen molar-refractivity contribution < 1.29 is 14.3 Å². The molecule has 1 aromatic carbocycles. The predicted molar refractivity (Wildman–Crippen MR) is 69.3 cm³/mol. The van der Waals surface area contributed by atoms with Gasteiger partial charge in [-0.05, 0) is 23.9 Å². The van der Waals surface area contributed by atoms with E-state index in [9.17, 15) is 9.59 Å². The highest BCUT2D eigenvalue weighted by Gasteiger charge is 2.20. The third-order valence-corrected chi connectivity index (χ3v) is 2.45. The molecule has 1 N–H and O–H groups in total. The largest absolute Gasteiger partial charge is 0.419 e. The molecule has 5 heteroatoms. The molecule has 4 nitrogen and oxygen atoms in total. The Bertz CT molecular complexity index is 398. The van der Waals surface area contributed by atoms with E-state index in [1.165, 1.54) is 0 Å². The average Bonchev–Trinajstić information content (AvgIpc) is 2.15. The highest BCUT2D eigenvalue weighted by molar-refractivity contribution is 8.14. The van der Waals surface area contributed by atoms with Crippen molar-refractivity contribution in [1.29, 1.82) is 0 Å². The second kappa shape index (κ2) is 5.72. The van der Waals surface area contributed by atoms with E-state index in [-0.39, 0.29) is 4.75 Å². The maximum atomic E-state index is 11.3. The molecule has 0 aliphatic rings. The predicted octanol–water partition coefficient (Wildman–Crippen LogP) is 3.89. The molecule has 0 aromatic heterocycles. The number of nitrogens with one attached hydrogen (secondary N) is 1. The zero-order valence-corrected chi connectivity index (χ0v) is 10.8. The van der Waals surface area contributed by atoms with Gasteiger partial charge in [-0.1, -0.05) is 39.0 Å². The normalized spacial score (nSPS) is 10.8. The summed E-state index contributed by atoms with van der Waals surface area (Å²) >= 11 is 0.974. The first-order valence-electron chi connectivity index (χ1n) is 5.14. The highest BCUT2D eigenvalue weighted by atomic mass is 32.2. The first-order valence-corrected chi connectivity index (χ1v) is 5.95. The van der Waals surface area contributed by atoms with E-state index >= 15 is 0 Å². The van der Waals surface area contributed by atoms with Crippen LogP contribution in [0.5, 0.6) is 0 Å². The lowest BCUT2D eigenvalue weighted by molar-refractivity contribution is 0.178. The minimum atomic E-state index is -0.766. The van der Waals surface area contributed by atoms with Crippen molar-refractivity contribution in [2.75, 3.05) is 5.32 Å². The van der Waals surface area contributed by atoms with Crippen LogP contribution in [0.25, 0.3) is 0 Å². The Balaban J connectivity index is 2.43. The van der Waals surface area contributed by atoms with Gasteiger partial charge in [0.1, 0.15) is 0 Å². The third-order valence-electron chi connectivity index (χ3n) is 1.59. The van der Waals surface area contributed by atoms with Crippen LogP contribution < -0.4 is 5.32 Å². The molecule has 0 radical (unpaired) electrons. The van der Waals surface area contributed by atoms with Crippen molar-refractivity contribution in [2.45, 2.75) is 25.5 Å². The minimum Gasteiger partial charge on any atom is -0.368 e. The second-order valence-electron chi connectivity index (χ2n) is 4.34. The number of ether oxygens (including phenoxy) is 1. The number of amides is 1. The van der Waals surface area contributed by atoms with E-state index in [2.05, 4.69) is 10.1 Å². The number of carbonyl (C=O) groups excluding carboxylic acids is 2. The Morgan fingerprint density at radius 2 is 1.76 bits per heavy atom. The molecule has 0 bridgehead atoms. The summed E-state index contributed by atoms with van der Waals surface area (Å²) in [5, 5.41) is 1.86. The Hall–Kier alpha value is -1.49. The van der Waals surface area contributed by atoms with Gasteiger partial charge in [0, 0.05) is 10.4 Å². The fourth-order valence-electron chi connectivity index (χ4n) is 1.01. The average molecular weight is 253 g/mol. The lowest BCUT2D eigenvalue weighted by Crippen LogP contribution is -2.19. The summed E-state index contributed by atoms with van der Waals surface area (Å²) in [5.41, 5.74) is 0.589. The molecule has 0 aliphatic heterocycles. The molecule has 0 aliphatic carbocycles. The van der Waals surface area contributed by atoms with Crippen LogP contribution in [0.15, 0.2) is 30.3 Å². The van der Waals surface area contributed by atoms with Crippen molar-refractivity contribution >= 4 is 28.8 Å². The summed E-state index contributed by atoms with van der Waals surface area (Å²) in [5.74, 6) is 0. The van der Waals surface area contributed by atoms with Gasteiger partial charge in [0.05, 0.1) is 0 Å². The number of anilines is 1. The van der Waals surface area contributed by atoms with Gasteiger partial charge < -0.3 is 4.74 Å². The fourth-order valence-corrected chi connectivity index (χ4v) is 1.63. The Morgan fingerprint density at radius 3 is 2.29 bits per heavy atom. The van der Waals surface area contributed by atoms with E-state index in [1.807, 2.05) is 26.8 Å². The number of hydrogen-bond donors (Lipinski definition) is 1. The van der Waals surface area contributed by atoms with Crippen molar-refractivity contribution in [3.8, 4) is 0 Å². The molecule has 0 fully saturated rings. The van der Waals surface area contributed by atoms with E-state index in [4.69, 9.17) is 0 Å². The number of hydrogen-bond acceptors (Lipinski definition) is 4. The van der Waals surface area contributed by atoms with Gasteiger partial charge in [-0.25, -0.2) is 9.59 Å². The van der Waals surface area contributed by atoms with Crippen LogP contribution in [0.3, 0.4) is 0 Å². The van der Waals surface area contributed by atoms with Gasteiger partial charge in [0.2, 0.25) is 0 Å². The van der Waals surface area contributed by atoms with Crippen molar-refractivity contribution in [1.82, 2.24) is 0 Å². The molecule has 0 atom stereocenters. The second-order valence-corrected chi connectivity index (χ2v) is 6.11. The van der Waals surface area contributed by atoms with Crippen LogP contribution in [-0.4, -0.2) is 16.1 Å². The van der Waals surface area contributed by atoms with Gasteiger partial charge in [0.25, 0.3) is 0 Å². The number of thioether (sulfide) groups is 1. The van der Waals surface area contributed by atoms with Crippen LogP contribution in [0.2, 0.25) is 0 Å². The third kappa shape index (κ3) is 5.97. The zero-order valence-electron chi connectivity index (χ0n) is 10.0. The summed E-state index contributed by atoms with van der Waals surface area (Å²) in [6.45, 7) is 5.61. The number of benzene rings is 1. The summed E-state index contributed by atoms with van der Waals surface area (Å²) < 4.78 is 4.33. The number of carbonyl (C=O) groups is 2. The summed E-state index contributed by atoms with van der Waals surface area (Å²) in [4.78, 5) is 22.7. The molecule has 1 rings (SSSR count). The molecule has 0 heterocycles. The number of rotatable bonds is 1. The molecule has 0 saturated heterocycles. The van der Waals surface area contributed by atoms with Crippen LogP contribution >= 0.6 is 11.8 Å². The Labute approximate surface area is 105 Å². The molecule has 92 valence electrons. The SMILES string of the molecule is CC(C)(C)SC(=O)OC(=O)Nc1ccccc1. The zero-order chi connectivity index (χ0) is 12.9. The van der Waals surface area contributed by atoms with E-state index in [0.29, 0.717) is 5.69 Å². The van der Waals surface area contributed by atoms with Gasteiger partial charge in [-0.3, -0.25) is 5.32 Å². The monoisotopic (exact) mass is 253 g/mol. The maximum absolute atomic E-state index is 11.3. The van der Waals surface area contributed by atoms with Gasteiger partial charge in [0.15, 0.2) is 0 Å². The number of para-hydroxylation sites is 1. The van der Waals surface area contributed by atoms with Crippen LogP contribution in [0.1, 0.15) is 20.8 Å². The molecular weight excluding hydrogens is 238 g/mol. The lowest BCUT2D eigenvalue weighted by Gasteiger charge is -2.15.